The van der Waals surface area contributed by atoms with Crippen LogP contribution in [0, 0.1) is 0 Å². The summed E-state index contributed by atoms with van der Waals surface area (Å²) in [6.07, 6.45) is 2.17. The largest absolute Gasteiger partial charge is 0.337 e. The van der Waals surface area contributed by atoms with Crippen molar-refractivity contribution in [1.29, 1.82) is 0 Å². The lowest BCUT2D eigenvalue weighted by Crippen LogP contribution is -2.28. The van der Waals surface area contributed by atoms with Gasteiger partial charge in [0.15, 0.2) is 0 Å². The van der Waals surface area contributed by atoms with Crippen LogP contribution in [0.5, 0.6) is 0 Å². The zero-order chi connectivity index (χ0) is 12.5. The third-order valence-corrected chi connectivity index (χ3v) is 3.36. The van der Waals surface area contributed by atoms with E-state index in [1.54, 1.807) is 12.1 Å². The Morgan fingerprint density at radius 1 is 1.17 bits per heavy atom. The molecule has 88 valence electrons. The van der Waals surface area contributed by atoms with Gasteiger partial charge in [0, 0.05) is 13.1 Å². The van der Waals surface area contributed by atoms with Crippen molar-refractivity contribution >= 4 is 30.1 Å². The van der Waals surface area contributed by atoms with Gasteiger partial charge < -0.3 is 4.90 Å². The molecule has 0 unspecified atom stereocenters. The Labute approximate surface area is 107 Å². The number of para-hydroxylation sites is 1. The average molecular weight is 236 g/mol. The second kappa shape index (κ2) is 4.44. The number of benzene rings is 1. The molecule has 0 bridgehead atoms. The standard InChI is InChI=1S/C14H13BN2O/c15-11-5-3-4-10-6-7-12(16-13(10)11)14(18)17-8-1-2-9-17/h3-7H,1-2,8-9H2. The minimum Gasteiger partial charge on any atom is -0.337 e. The van der Waals surface area contributed by atoms with Crippen molar-refractivity contribution in [1.82, 2.24) is 9.88 Å². The van der Waals surface area contributed by atoms with E-state index >= 15 is 0 Å². The van der Waals surface area contributed by atoms with Gasteiger partial charge in [-0.3, -0.25) is 4.79 Å². The number of rotatable bonds is 1. The highest BCUT2D eigenvalue weighted by Crippen LogP contribution is 2.14. The van der Waals surface area contributed by atoms with E-state index in [2.05, 4.69) is 4.98 Å². The van der Waals surface area contributed by atoms with Crippen molar-refractivity contribution in [2.24, 2.45) is 0 Å². The maximum atomic E-state index is 12.2. The van der Waals surface area contributed by atoms with E-state index in [1.807, 2.05) is 23.1 Å². The van der Waals surface area contributed by atoms with Crippen LogP contribution in [0.4, 0.5) is 0 Å². The maximum absolute atomic E-state index is 12.2. The Kier molecular flexibility index (Phi) is 2.78. The second-order valence-electron chi connectivity index (χ2n) is 4.61. The van der Waals surface area contributed by atoms with E-state index in [0.29, 0.717) is 16.7 Å². The highest BCUT2D eigenvalue weighted by atomic mass is 16.2. The first-order chi connectivity index (χ1) is 8.75. The highest BCUT2D eigenvalue weighted by Gasteiger charge is 2.20. The molecule has 1 fully saturated rings. The molecule has 0 N–H and O–H groups in total. The van der Waals surface area contributed by atoms with E-state index in [0.717, 1.165) is 31.3 Å². The van der Waals surface area contributed by atoms with Crippen LogP contribution in [0.15, 0.2) is 30.3 Å². The van der Waals surface area contributed by atoms with Gasteiger partial charge in [-0.15, -0.1) is 0 Å². The van der Waals surface area contributed by atoms with Crippen LogP contribution < -0.4 is 5.46 Å². The number of likely N-dealkylation sites (tertiary alicyclic amines) is 1. The van der Waals surface area contributed by atoms with Gasteiger partial charge in [-0.05, 0) is 24.3 Å². The molecular weight excluding hydrogens is 223 g/mol. The summed E-state index contributed by atoms with van der Waals surface area (Å²) in [5.41, 5.74) is 1.81. The van der Waals surface area contributed by atoms with Gasteiger partial charge in [0.2, 0.25) is 0 Å². The van der Waals surface area contributed by atoms with Crippen molar-refractivity contribution in [3.8, 4) is 0 Å². The molecule has 3 rings (SSSR count). The minimum atomic E-state index is 0.0117. The topological polar surface area (TPSA) is 33.2 Å². The lowest BCUT2D eigenvalue weighted by Gasteiger charge is -2.15. The van der Waals surface area contributed by atoms with E-state index < -0.39 is 0 Å². The van der Waals surface area contributed by atoms with Crippen LogP contribution in [0.3, 0.4) is 0 Å². The van der Waals surface area contributed by atoms with E-state index in [4.69, 9.17) is 7.85 Å². The molecular formula is C14H13BN2O. The molecule has 1 saturated heterocycles. The van der Waals surface area contributed by atoms with Gasteiger partial charge in [-0.2, -0.15) is 0 Å². The van der Waals surface area contributed by atoms with Crippen molar-refractivity contribution in [3.05, 3.63) is 36.0 Å². The Morgan fingerprint density at radius 3 is 2.72 bits per heavy atom. The summed E-state index contributed by atoms with van der Waals surface area (Å²) in [5, 5.41) is 0.966. The number of pyridine rings is 1. The molecule has 1 amide bonds. The number of amides is 1. The van der Waals surface area contributed by atoms with Gasteiger partial charge in [0.05, 0.1) is 5.52 Å². The van der Waals surface area contributed by atoms with Crippen molar-refractivity contribution in [3.63, 3.8) is 0 Å². The molecule has 4 heteroatoms. The molecule has 0 spiro atoms. The minimum absolute atomic E-state index is 0.0117. The molecule has 1 aromatic carbocycles. The predicted molar refractivity (Wildman–Crippen MR) is 72.3 cm³/mol. The summed E-state index contributed by atoms with van der Waals surface area (Å²) in [7, 11) is 5.89. The quantitative estimate of drug-likeness (QED) is 0.698. The van der Waals surface area contributed by atoms with Crippen molar-refractivity contribution in [2.75, 3.05) is 13.1 Å². The molecule has 1 aliphatic rings. The van der Waals surface area contributed by atoms with Crippen LogP contribution >= 0.6 is 0 Å². The van der Waals surface area contributed by atoms with Gasteiger partial charge in [-0.1, -0.05) is 29.7 Å². The number of carbonyl (C=O) groups excluding carboxylic acids is 1. The number of hydrogen-bond donors (Lipinski definition) is 0. The summed E-state index contributed by atoms with van der Waals surface area (Å²) in [4.78, 5) is 18.5. The van der Waals surface area contributed by atoms with Gasteiger partial charge >= 0.3 is 0 Å². The first kappa shape index (κ1) is 11.3. The molecule has 0 aliphatic carbocycles. The van der Waals surface area contributed by atoms with E-state index in [1.165, 1.54) is 0 Å². The monoisotopic (exact) mass is 236 g/mol. The van der Waals surface area contributed by atoms with Crippen LogP contribution in [0.2, 0.25) is 0 Å². The summed E-state index contributed by atoms with van der Waals surface area (Å²) in [6.45, 7) is 1.67. The van der Waals surface area contributed by atoms with E-state index in [-0.39, 0.29) is 5.91 Å². The molecule has 0 saturated carbocycles. The SMILES string of the molecule is [B]c1cccc2ccc(C(=O)N3CCCC3)nc12. The number of hydrogen-bond acceptors (Lipinski definition) is 2. The van der Waals surface area contributed by atoms with Gasteiger partial charge in [0.25, 0.3) is 5.91 Å². The molecule has 18 heavy (non-hydrogen) atoms. The summed E-state index contributed by atoms with van der Waals surface area (Å²) < 4.78 is 0. The van der Waals surface area contributed by atoms with Crippen LogP contribution in [-0.4, -0.2) is 36.7 Å². The van der Waals surface area contributed by atoms with Gasteiger partial charge in [-0.25, -0.2) is 4.98 Å². The third-order valence-electron chi connectivity index (χ3n) is 3.36. The van der Waals surface area contributed by atoms with Crippen LogP contribution in [0.25, 0.3) is 10.9 Å². The Morgan fingerprint density at radius 2 is 1.94 bits per heavy atom. The predicted octanol–water partition coefficient (Wildman–Crippen LogP) is 1.26. The molecule has 2 heterocycles. The average Bonchev–Trinajstić information content (AvgIpc) is 2.92. The summed E-state index contributed by atoms with van der Waals surface area (Å²) >= 11 is 0. The molecule has 2 aromatic rings. The first-order valence-corrected chi connectivity index (χ1v) is 6.20. The fourth-order valence-electron chi connectivity index (χ4n) is 2.37. The Balaban J connectivity index is 2.02. The highest BCUT2D eigenvalue weighted by molar-refractivity contribution is 6.38. The normalized spacial score (nSPS) is 15.2. The van der Waals surface area contributed by atoms with Crippen LogP contribution in [0.1, 0.15) is 23.3 Å². The van der Waals surface area contributed by atoms with E-state index in [9.17, 15) is 4.79 Å². The fourth-order valence-corrected chi connectivity index (χ4v) is 2.37. The lowest BCUT2D eigenvalue weighted by molar-refractivity contribution is 0.0787. The smallest absolute Gasteiger partial charge is 0.272 e. The van der Waals surface area contributed by atoms with Crippen molar-refractivity contribution in [2.45, 2.75) is 12.8 Å². The Hall–Kier alpha value is -1.84. The molecule has 2 radical (unpaired) electrons. The van der Waals surface area contributed by atoms with Crippen molar-refractivity contribution < 1.29 is 4.79 Å². The summed E-state index contributed by atoms with van der Waals surface area (Å²) in [6, 6.07) is 9.33. The van der Waals surface area contributed by atoms with Gasteiger partial charge in [0.1, 0.15) is 13.5 Å². The summed E-state index contributed by atoms with van der Waals surface area (Å²) in [5.74, 6) is 0.0117. The zero-order valence-corrected chi connectivity index (χ0v) is 10.1. The molecule has 1 aromatic heterocycles. The molecule has 3 nitrogen and oxygen atoms in total. The second-order valence-corrected chi connectivity index (χ2v) is 4.61. The maximum Gasteiger partial charge on any atom is 0.272 e. The van der Waals surface area contributed by atoms with Crippen LogP contribution in [-0.2, 0) is 0 Å². The number of aromatic nitrogens is 1. The number of carbonyl (C=O) groups is 1. The molecule has 0 atom stereocenters. The number of fused-ring (bicyclic) bond motifs is 1. The first-order valence-electron chi connectivity index (χ1n) is 6.20. The molecule has 1 aliphatic heterocycles. The third kappa shape index (κ3) is 1.88. The zero-order valence-electron chi connectivity index (χ0n) is 10.1. The fraction of sp³-hybridized carbons (Fsp3) is 0.286. The Bertz CT molecular complexity index is 606. The lowest BCUT2D eigenvalue weighted by atomic mass is 9.93. The number of nitrogens with zero attached hydrogens (tertiary/aromatic N) is 2.